The largest absolute Gasteiger partial charge is 0.573 e. The maximum absolute atomic E-state index is 12.2. The zero-order chi connectivity index (χ0) is 16.5. The lowest BCUT2D eigenvalue weighted by Gasteiger charge is -2.14. The summed E-state index contributed by atoms with van der Waals surface area (Å²) in [5.74, 6) is -1.93. The van der Waals surface area contributed by atoms with Crippen LogP contribution in [0.15, 0.2) is 30.5 Å². The highest BCUT2D eigenvalue weighted by Crippen LogP contribution is 2.31. The van der Waals surface area contributed by atoms with Gasteiger partial charge in [-0.2, -0.15) is 5.10 Å². The van der Waals surface area contributed by atoms with E-state index >= 15 is 0 Å². The summed E-state index contributed by atoms with van der Waals surface area (Å²) in [7, 11) is 0. The number of nitrogens with zero attached hydrogens (tertiary/aromatic N) is 2. The molecule has 118 valence electrons. The van der Waals surface area contributed by atoms with Crippen LogP contribution in [-0.2, 0) is 0 Å². The van der Waals surface area contributed by atoms with Crippen LogP contribution < -0.4 is 4.74 Å². The van der Waals surface area contributed by atoms with E-state index in [2.05, 4.69) is 9.84 Å². The molecule has 0 saturated heterocycles. The molecule has 2 rings (SSSR count). The quantitative estimate of drug-likeness (QED) is 0.934. The first-order valence-electron chi connectivity index (χ1n) is 6.36. The molecule has 0 spiro atoms. The fourth-order valence-corrected chi connectivity index (χ4v) is 2.06. The van der Waals surface area contributed by atoms with Crippen LogP contribution in [0.4, 0.5) is 13.2 Å². The molecule has 0 atom stereocenters. The number of rotatable bonds is 4. The second-order valence-corrected chi connectivity index (χ2v) is 4.82. The molecule has 0 saturated carbocycles. The van der Waals surface area contributed by atoms with E-state index in [1.807, 2.05) is 13.8 Å². The van der Waals surface area contributed by atoms with Gasteiger partial charge in [0.25, 0.3) is 0 Å². The Morgan fingerprint density at radius 3 is 2.55 bits per heavy atom. The number of benzene rings is 1. The molecule has 1 N–H and O–H groups in total. The Hall–Kier alpha value is -2.51. The smallest absolute Gasteiger partial charge is 0.478 e. The molecular formula is C14H13F3N2O3. The second-order valence-electron chi connectivity index (χ2n) is 4.82. The fraction of sp³-hybridized carbons (Fsp3) is 0.286. The van der Waals surface area contributed by atoms with Gasteiger partial charge in [0.05, 0.1) is 11.3 Å². The van der Waals surface area contributed by atoms with Crippen molar-refractivity contribution in [3.05, 3.63) is 36.0 Å². The number of carboxylic acids is 1. The molecule has 0 bridgehead atoms. The Balaban J connectivity index is 2.52. The monoisotopic (exact) mass is 314 g/mol. The van der Waals surface area contributed by atoms with E-state index in [1.165, 1.54) is 12.3 Å². The molecule has 8 heteroatoms. The first-order chi connectivity index (χ1) is 10.2. The fourth-order valence-electron chi connectivity index (χ4n) is 2.06. The summed E-state index contributed by atoms with van der Waals surface area (Å²) in [5, 5.41) is 13.3. The maximum Gasteiger partial charge on any atom is 0.573 e. The minimum absolute atomic E-state index is 0.0299. The van der Waals surface area contributed by atoms with Gasteiger partial charge in [-0.25, -0.2) is 4.79 Å². The van der Waals surface area contributed by atoms with Crippen molar-refractivity contribution < 1.29 is 27.8 Å². The van der Waals surface area contributed by atoms with E-state index in [9.17, 15) is 23.1 Å². The Morgan fingerprint density at radius 1 is 1.32 bits per heavy atom. The molecule has 0 unspecified atom stereocenters. The van der Waals surface area contributed by atoms with Gasteiger partial charge in [-0.15, -0.1) is 13.2 Å². The van der Waals surface area contributed by atoms with Crippen molar-refractivity contribution in [1.82, 2.24) is 9.78 Å². The summed E-state index contributed by atoms with van der Waals surface area (Å²) in [5.41, 5.74) is 0.489. The van der Waals surface area contributed by atoms with Gasteiger partial charge < -0.3 is 9.84 Å². The maximum atomic E-state index is 12.2. The molecule has 1 aromatic carbocycles. The highest BCUT2D eigenvalue weighted by atomic mass is 19.4. The zero-order valence-electron chi connectivity index (χ0n) is 11.8. The molecule has 1 aromatic heterocycles. The van der Waals surface area contributed by atoms with E-state index < -0.39 is 18.1 Å². The normalized spacial score (nSPS) is 11.7. The van der Waals surface area contributed by atoms with Crippen molar-refractivity contribution in [2.45, 2.75) is 26.3 Å². The summed E-state index contributed by atoms with van der Waals surface area (Å²) >= 11 is 0. The van der Waals surface area contributed by atoms with E-state index in [0.717, 1.165) is 12.1 Å². The van der Waals surface area contributed by atoms with Crippen molar-refractivity contribution in [3.63, 3.8) is 0 Å². The highest BCUT2D eigenvalue weighted by molar-refractivity contribution is 5.96. The van der Waals surface area contributed by atoms with Gasteiger partial charge >= 0.3 is 12.3 Å². The topological polar surface area (TPSA) is 64.4 Å². The highest BCUT2D eigenvalue weighted by Gasteiger charge is 2.31. The summed E-state index contributed by atoms with van der Waals surface area (Å²) < 4.78 is 42.0. The van der Waals surface area contributed by atoms with Crippen molar-refractivity contribution in [1.29, 1.82) is 0 Å². The van der Waals surface area contributed by atoms with Crippen molar-refractivity contribution >= 4 is 5.97 Å². The predicted molar refractivity (Wildman–Crippen MR) is 71.7 cm³/mol. The van der Waals surface area contributed by atoms with Crippen LogP contribution in [0, 0.1) is 0 Å². The molecule has 0 aliphatic carbocycles. The van der Waals surface area contributed by atoms with Crippen molar-refractivity contribution in [2.24, 2.45) is 0 Å². The van der Waals surface area contributed by atoms with Crippen LogP contribution in [0.2, 0.25) is 0 Å². The SMILES string of the molecule is CC(C)n1nccc1-c1ccc(OC(F)(F)F)cc1C(=O)O. The number of ether oxygens (including phenoxy) is 1. The average molecular weight is 314 g/mol. The summed E-state index contributed by atoms with van der Waals surface area (Å²) in [6.07, 6.45) is -3.38. The average Bonchev–Trinajstić information content (AvgIpc) is 2.85. The minimum atomic E-state index is -4.88. The molecule has 5 nitrogen and oxygen atoms in total. The number of carbonyl (C=O) groups is 1. The third-order valence-electron chi connectivity index (χ3n) is 2.89. The van der Waals surface area contributed by atoms with Crippen LogP contribution in [0.3, 0.4) is 0 Å². The predicted octanol–water partition coefficient (Wildman–Crippen LogP) is 3.73. The number of halogens is 3. The number of hydrogen-bond donors (Lipinski definition) is 1. The number of aromatic nitrogens is 2. The third-order valence-corrected chi connectivity index (χ3v) is 2.89. The van der Waals surface area contributed by atoms with Gasteiger partial charge in [0.1, 0.15) is 5.75 Å². The first-order valence-corrected chi connectivity index (χ1v) is 6.36. The molecule has 0 fully saturated rings. The van der Waals surface area contributed by atoms with Gasteiger partial charge in [0.2, 0.25) is 0 Å². The van der Waals surface area contributed by atoms with Crippen LogP contribution in [0.1, 0.15) is 30.2 Å². The molecule has 0 radical (unpaired) electrons. The van der Waals surface area contributed by atoms with Crippen LogP contribution in [-0.4, -0.2) is 27.2 Å². The van der Waals surface area contributed by atoms with Crippen molar-refractivity contribution in [3.8, 4) is 17.0 Å². The number of aromatic carboxylic acids is 1. The van der Waals surface area contributed by atoms with Crippen molar-refractivity contribution in [2.75, 3.05) is 0 Å². The molecule has 0 amide bonds. The van der Waals surface area contributed by atoms with Crippen LogP contribution >= 0.6 is 0 Å². The molecule has 0 aliphatic rings. The number of hydrogen-bond acceptors (Lipinski definition) is 3. The Labute approximate surface area is 123 Å². The second kappa shape index (κ2) is 5.70. The zero-order valence-corrected chi connectivity index (χ0v) is 11.8. The Bertz CT molecular complexity index is 693. The van der Waals surface area contributed by atoms with E-state index in [-0.39, 0.29) is 17.2 Å². The number of alkyl halides is 3. The lowest BCUT2D eigenvalue weighted by molar-refractivity contribution is -0.274. The molecule has 0 aliphatic heterocycles. The van der Waals surface area contributed by atoms with Crippen LogP contribution in [0.5, 0.6) is 5.75 Å². The molecule has 22 heavy (non-hydrogen) atoms. The summed E-state index contributed by atoms with van der Waals surface area (Å²) in [6, 6.07) is 4.78. The third kappa shape index (κ3) is 3.38. The van der Waals surface area contributed by atoms with Gasteiger partial charge in [-0.1, -0.05) is 0 Å². The lowest BCUT2D eigenvalue weighted by Crippen LogP contribution is -2.17. The molecular weight excluding hydrogens is 301 g/mol. The van der Waals surface area contributed by atoms with E-state index in [4.69, 9.17) is 0 Å². The molecule has 1 heterocycles. The minimum Gasteiger partial charge on any atom is -0.478 e. The summed E-state index contributed by atoms with van der Waals surface area (Å²) in [4.78, 5) is 11.3. The standard InChI is InChI=1S/C14H13F3N2O3/c1-8(2)19-12(5-6-18-19)10-4-3-9(22-14(15,16)17)7-11(10)13(20)21/h3-8H,1-2H3,(H,20,21). The Morgan fingerprint density at radius 2 is 2.00 bits per heavy atom. The van der Waals surface area contributed by atoms with Crippen LogP contribution in [0.25, 0.3) is 11.3 Å². The van der Waals surface area contributed by atoms with Gasteiger partial charge in [0, 0.05) is 17.8 Å². The van der Waals surface area contributed by atoms with Gasteiger partial charge in [0.15, 0.2) is 0 Å². The van der Waals surface area contributed by atoms with Gasteiger partial charge in [-0.3, -0.25) is 4.68 Å². The summed E-state index contributed by atoms with van der Waals surface area (Å²) in [6.45, 7) is 3.72. The van der Waals surface area contributed by atoms with E-state index in [0.29, 0.717) is 5.69 Å². The molecule has 2 aromatic rings. The van der Waals surface area contributed by atoms with E-state index in [1.54, 1.807) is 10.7 Å². The van der Waals surface area contributed by atoms with Gasteiger partial charge in [-0.05, 0) is 38.1 Å². The Kier molecular flexibility index (Phi) is 4.11. The number of carboxylic acid groups (broad SMARTS) is 1. The lowest BCUT2D eigenvalue weighted by atomic mass is 10.0. The first kappa shape index (κ1) is 15.9.